The van der Waals surface area contributed by atoms with Gasteiger partial charge in [0.2, 0.25) is 0 Å². The molecule has 8 heteroatoms. The highest BCUT2D eigenvalue weighted by molar-refractivity contribution is 5.87. The number of nitrogens with zero attached hydrogens (tertiary/aromatic N) is 2. The largest absolute Gasteiger partial charge is 0.478 e. The minimum Gasteiger partial charge on any atom is -0.478 e. The Kier molecular flexibility index (Phi) is 6.83. The van der Waals surface area contributed by atoms with Gasteiger partial charge in [0.05, 0.1) is 11.0 Å². The first-order valence-electron chi connectivity index (χ1n) is 10.7. The zero-order valence-corrected chi connectivity index (χ0v) is 18.8. The number of aryl methyl sites for hydroxylation is 1. The van der Waals surface area contributed by atoms with Gasteiger partial charge in [0.25, 0.3) is 0 Å². The van der Waals surface area contributed by atoms with Gasteiger partial charge >= 0.3 is 11.9 Å². The molecule has 0 aliphatic carbocycles. The van der Waals surface area contributed by atoms with Crippen LogP contribution in [0.4, 0.5) is 23.0 Å². The molecule has 0 saturated heterocycles. The molecule has 8 nitrogen and oxygen atoms in total. The molecule has 4 rings (SSSR count). The van der Waals surface area contributed by atoms with Gasteiger partial charge < -0.3 is 20.8 Å². The molecular weight excluding hydrogens is 444 g/mol. The van der Waals surface area contributed by atoms with E-state index in [1.54, 1.807) is 12.1 Å². The predicted octanol–water partition coefficient (Wildman–Crippen LogP) is 5.62. The fourth-order valence-electron chi connectivity index (χ4n) is 3.39. The summed E-state index contributed by atoms with van der Waals surface area (Å²) in [5.74, 6) is -1.09. The Morgan fingerprint density at radius 1 is 0.714 bits per heavy atom. The normalized spacial score (nSPS) is 11.2. The van der Waals surface area contributed by atoms with E-state index in [0.29, 0.717) is 34.1 Å². The van der Waals surface area contributed by atoms with Crippen molar-refractivity contribution < 1.29 is 19.8 Å². The average Bonchev–Trinajstić information content (AvgIpc) is 2.82. The number of hydrogen-bond donors (Lipinski definition) is 4. The minimum absolute atomic E-state index is 0.479. The highest BCUT2D eigenvalue weighted by Gasteiger charge is 2.11. The zero-order valence-electron chi connectivity index (χ0n) is 18.8. The minimum atomic E-state index is -1.02. The summed E-state index contributed by atoms with van der Waals surface area (Å²) in [6, 6.07) is 20.3. The van der Waals surface area contributed by atoms with Crippen LogP contribution in [0.5, 0.6) is 0 Å². The molecule has 0 bridgehead atoms. The monoisotopic (exact) mass is 466 g/mol. The van der Waals surface area contributed by atoms with E-state index in [1.165, 1.54) is 12.2 Å². The van der Waals surface area contributed by atoms with Crippen molar-refractivity contribution in [1.29, 1.82) is 0 Å². The second kappa shape index (κ2) is 10.3. The Morgan fingerprint density at radius 3 is 1.74 bits per heavy atom. The number of carbonyl (C=O) groups is 2. The van der Waals surface area contributed by atoms with Crippen LogP contribution in [0.1, 0.15) is 16.7 Å². The summed E-state index contributed by atoms with van der Waals surface area (Å²) < 4.78 is 0. The average molecular weight is 466 g/mol. The van der Waals surface area contributed by atoms with E-state index < -0.39 is 11.9 Å². The Morgan fingerprint density at radius 2 is 1.23 bits per heavy atom. The van der Waals surface area contributed by atoms with Crippen molar-refractivity contribution in [3.8, 4) is 0 Å². The van der Waals surface area contributed by atoms with Crippen LogP contribution in [-0.2, 0) is 9.59 Å². The second-order valence-electron chi connectivity index (χ2n) is 7.76. The van der Waals surface area contributed by atoms with Gasteiger partial charge in [-0.25, -0.2) is 19.6 Å². The third-order valence-electron chi connectivity index (χ3n) is 4.96. The molecule has 0 radical (unpaired) electrons. The maximum Gasteiger partial charge on any atom is 0.328 e. The first-order chi connectivity index (χ1) is 16.9. The number of anilines is 4. The summed E-state index contributed by atoms with van der Waals surface area (Å²) in [5, 5.41) is 24.3. The molecule has 4 N–H and O–H groups in total. The molecule has 0 fully saturated rings. The highest BCUT2D eigenvalue weighted by atomic mass is 16.4. The van der Waals surface area contributed by atoms with Crippen LogP contribution in [0.25, 0.3) is 23.2 Å². The van der Waals surface area contributed by atoms with E-state index in [-0.39, 0.29) is 0 Å². The van der Waals surface area contributed by atoms with Crippen molar-refractivity contribution in [2.45, 2.75) is 6.92 Å². The van der Waals surface area contributed by atoms with Gasteiger partial charge in [-0.2, -0.15) is 0 Å². The number of fused-ring (bicyclic) bond motifs is 1. The number of hydrogen-bond acceptors (Lipinski definition) is 6. The fourth-order valence-corrected chi connectivity index (χ4v) is 3.39. The van der Waals surface area contributed by atoms with E-state index in [2.05, 4.69) is 10.6 Å². The van der Waals surface area contributed by atoms with Crippen LogP contribution < -0.4 is 10.6 Å². The Balaban J connectivity index is 1.71. The van der Waals surface area contributed by atoms with Gasteiger partial charge in [0.1, 0.15) is 0 Å². The third-order valence-corrected chi connectivity index (χ3v) is 4.96. The van der Waals surface area contributed by atoms with Crippen LogP contribution in [0.3, 0.4) is 0 Å². The number of nitrogens with one attached hydrogen (secondary N) is 2. The van der Waals surface area contributed by atoms with Crippen LogP contribution in [0.15, 0.2) is 78.9 Å². The lowest BCUT2D eigenvalue weighted by Gasteiger charge is -2.14. The van der Waals surface area contributed by atoms with Gasteiger partial charge in [-0.1, -0.05) is 30.3 Å². The molecule has 4 aromatic rings. The van der Waals surface area contributed by atoms with E-state index in [0.717, 1.165) is 28.8 Å². The standard InChI is InChI=1S/C27H22N4O4/c1-17-8-11-22-23(14-17)31-27(29-21-7-3-5-19(16-21)10-13-25(34)35)26(30-22)28-20-6-2-4-18(15-20)9-12-24(32)33/h2-16H,1H3,(H,28,30)(H,29,31)(H,32,33)(H,34,35)/b12-9+,13-10+. The van der Waals surface area contributed by atoms with E-state index >= 15 is 0 Å². The van der Waals surface area contributed by atoms with Crippen molar-refractivity contribution >= 4 is 58.1 Å². The van der Waals surface area contributed by atoms with Crippen LogP contribution >= 0.6 is 0 Å². The maximum atomic E-state index is 10.9. The number of carboxylic acid groups (broad SMARTS) is 2. The molecule has 0 unspecified atom stereocenters. The predicted molar refractivity (Wildman–Crippen MR) is 137 cm³/mol. The lowest BCUT2D eigenvalue weighted by Crippen LogP contribution is -2.03. The molecule has 0 atom stereocenters. The molecule has 35 heavy (non-hydrogen) atoms. The summed E-state index contributed by atoms with van der Waals surface area (Å²) >= 11 is 0. The lowest BCUT2D eigenvalue weighted by atomic mass is 10.1. The number of rotatable bonds is 8. The fraction of sp³-hybridized carbons (Fsp3) is 0.0370. The van der Waals surface area contributed by atoms with Crippen molar-refractivity contribution in [3.05, 3.63) is 95.6 Å². The molecule has 0 amide bonds. The Labute approximate surface area is 201 Å². The molecule has 174 valence electrons. The first kappa shape index (κ1) is 23.2. The lowest BCUT2D eigenvalue weighted by molar-refractivity contribution is -0.132. The van der Waals surface area contributed by atoms with Crippen LogP contribution in [0, 0.1) is 6.92 Å². The van der Waals surface area contributed by atoms with E-state index in [9.17, 15) is 9.59 Å². The summed E-state index contributed by atoms with van der Waals surface area (Å²) in [5.41, 5.74) is 5.34. The van der Waals surface area contributed by atoms with Crippen molar-refractivity contribution in [2.75, 3.05) is 10.6 Å². The molecule has 0 saturated carbocycles. The number of aliphatic carboxylic acids is 2. The number of carboxylic acids is 2. The zero-order chi connectivity index (χ0) is 24.8. The topological polar surface area (TPSA) is 124 Å². The van der Waals surface area contributed by atoms with Gasteiger partial charge in [-0.15, -0.1) is 0 Å². The number of benzene rings is 3. The Bertz CT molecular complexity index is 1480. The maximum absolute atomic E-state index is 10.9. The highest BCUT2D eigenvalue weighted by Crippen LogP contribution is 2.29. The molecule has 3 aromatic carbocycles. The van der Waals surface area contributed by atoms with Crippen molar-refractivity contribution in [3.63, 3.8) is 0 Å². The van der Waals surface area contributed by atoms with E-state index in [4.69, 9.17) is 20.2 Å². The van der Waals surface area contributed by atoms with Gasteiger partial charge in [-0.3, -0.25) is 0 Å². The van der Waals surface area contributed by atoms with Crippen LogP contribution in [-0.4, -0.2) is 32.1 Å². The number of aromatic nitrogens is 2. The second-order valence-corrected chi connectivity index (χ2v) is 7.76. The summed E-state index contributed by atoms with van der Waals surface area (Å²) in [4.78, 5) is 31.2. The van der Waals surface area contributed by atoms with Crippen molar-refractivity contribution in [2.24, 2.45) is 0 Å². The molecular formula is C27H22N4O4. The van der Waals surface area contributed by atoms with Gasteiger partial charge in [0, 0.05) is 23.5 Å². The SMILES string of the molecule is Cc1ccc2nc(Nc3cccc(/C=C/C(=O)O)c3)c(Nc3cccc(/C=C/C(=O)O)c3)nc2c1. The quantitative estimate of drug-likeness (QED) is 0.247. The molecule has 0 aliphatic rings. The molecule has 0 aliphatic heterocycles. The third kappa shape index (κ3) is 6.29. The molecule has 0 spiro atoms. The van der Waals surface area contributed by atoms with Crippen molar-refractivity contribution in [1.82, 2.24) is 9.97 Å². The smallest absolute Gasteiger partial charge is 0.328 e. The Hall–Kier alpha value is -4.98. The summed E-state index contributed by atoms with van der Waals surface area (Å²) in [6.07, 6.45) is 5.18. The molecule has 1 aromatic heterocycles. The van der Waals surface area contributed by atoms with E-state index in [1.807, 2.05) is 61.5 Å². The molecule has 1 heterocycles. The van der Waals surface area contributed by atoms with Gasteiger partial charge in [0.15, 0.2) is 11.6 Å². The summed E-state index contributed by atoms with van der Waals surface area (Å²) in [6.45, 7) is 1.98. The summed E-state index contributed by atoms with van der Waals surface area (Å²) in [7, 11) is 0. The first-order valence-corrected chi connectivity index (χ1v) is 10.7. The van der Waals surface area contributed by atoms with Crippen LogP contribution in [0.2, 0.25) is 0 Å². The van der Waals surface area contributed by atoms with Gasteiger partial charge in [-0.05, 0) is 72.2 Å².